The zero-order valence-electron chi connectivity index (χ0n) is 8.29. The maximum atomic E-state index is 11.0. The topological polar surface area (TPSA) is 42.0 Å². The Kier molecular flexibility index (Phi) is 2.48. The summed E-state index contributed by atoms with van der Waals surface area (Å²) in [7, 11) is 0. The minimum absolute atomic E-state index is 0.0340. The summed E-state index contributed by atoms with van der Waals surface area (Å²) in [5.41, 5.74) is 2.51. The third-order valence-corrected chi connectivity index (χ3v) is 2.64. The standard InChI is InChI=1S/C11H14N2O/c1-8(14)13-11-4-2-3-9-5-6-12-7-10(9)11/h5-7,11H,2-4H2,1H3,(H,13,14). The molecular formula is C11H14N2O. The average molecular weight is 190 g/mol. The van der Waals surface area contributed by atoms with E-state index in [2.05, 4.69) is 10.3 Å². The predicted octanol–water partition coefficient (Wildman–Crippen LogP) is 1.60. The number of hydrogen-bond acceptors (Lipinski definition) is 2. The highest BCUT2D eigenvalue weighted by Crippen LogP contribution is 2.28. The number of nitrogens with one attached hydrogen (secondary N) is 1. The fraction of sp³-hybridized carbons (Fsp3) is 0.455. The number of fused-ring (bicyclic) bond motifs is 1. The van der Waals surface area contributed by atoms with E-state index in [1.54, 1.807) is 6.92 Å². The van der Waals surface area contributed by atoms with Crippen molar-refractivity contribution in [2.75, 3.05) is 0 Å². The number of hydrogen-bond donors (Lipinski definition) is 1. The Morgan fingerprint density at radius 3 is 3.29 bits per heavy atom. The molecule has 3 heteroatoms. The van der Waals surface area contributed by atoms with Crippen molar-refractivity contribution in [1.29, 1.82) is 0 Å². The zero-order valence-corrected chi connectivity index (χ0v) is 8.29. The number of pyridine rings is 1. The van der Waals surface area contributed by atoms with Gasteiger partial charge in [0.25, 0.3) is 0 Å². The molecular weight excluding hydrogens is 176 g/mol. The first-order chi connectivity index (χ1) is 6.77. The number of carbonyl (C=O) groups excluding carboxylic acids is 1. The van der Waals surface area contributed by atoms with Gasteiger partial charge in [-0.2, -0.15) is 0 Å². The van der Waals surface area contributed by atoms with Crippen LogP contribution in [0.5, 0.6) is 0 Å². The van der Waals surface area contributed by atoms with Gasteiger partial charge >= 0.3 is 0 Å². The molecule has 0 spiro atoms. The van der Waals surface area contributed by atoms with E-state index in [1.807, 2.05) is 18.5 Å². The summed E-state index contributed by atoms with van der Waals surface area (Å²) in [5, 5.41) is 2.96. The quantitative estimate of drug-likeness (QED) is 0.730. The molecule has 1 atom stereocenters. The number of aryl methyl sites for hydroxylation is 1. The summed E-state index contributed by atoms with van der Waals surface area (Å²) in [5.74, 6) is 0.0340. The van der Waals surface area contributed by atoms with Crippen molar-refractivity contribution in [3.63, 3.8) is 0 Å². The second kappa shape index (κ2) is 3.78. The van der Waals surface area contributed by atoms with Crippen LogP contribution in [0.25, 0.3) is 0 Å². The SMILES string of the molecule is CC(=O)NC1CCCc2ccncc21. The first-order valence-electron chi connectivity index (χ1n) is 4.97. The number of aromatic nitrogens is 1. The lowest BCUT2D eigenvalue weighted by Crippen LogP contribution is -2.29. The van der Waals surface area contributed by atoms with E-state index in [4.69, 9.17) is 0 Å². The smallest absolute Gasteiger partial charge is 0.217 e. The highest BCUT2D eigenvalue weighted by molar-refractivity contribution is 5.73. The molecule has 3 nitrogen and oxygen atoms in total. The Bertz CT molecular complexity index is 349. The summed E-state index contributed by atoms with van der Waals surface area (Å²) in [6, 6.07) is 2.22. The largest absolute Gasteiger partial charge is 0.349 e. The Morgan fingerprint density at radius 2 is 2.50 bits per heavy atom. The lowest BCUT2D eigenvalue weighted by atomic mass is 9.89. The van der Waals surface area contributed by atoms with E-state index in [1.165, 1.54) is 11.1 Å². The normalized spacial score (nSPS) is 19.9. The van der Waals surface area contributed by atoms with Crippen LogP contribution < -0.4 is 5.32 Å². The lowest BCUT2D eigenvalue weighted by molar-refractivity contribution is -0.119. The molecule has 74 valence electrons. The van der Waals surface area contributed by atoms with Crippen LogP contribution in [0, 0.1) is 0 Å². The highest BCUT2D eigenvalue weighted by Gasteiger charge is 2.20. The van der Waals surface area contributed by atoms with Gasteiger partial charge in [0.05, 0.1) is 6.04 Å². The molecule has 0 radical (unpaired) electrons. The first kappa shape index (κ1) is 9.19. The zero-order chi connectivity index (χ0) is 9.97. The number of rotatable bonds is 1. The summed E-state index contributed by atoms with van der Waals surface area (Å²) >= 11 is 0. The van der Waals surface area contributed by atoms with Crippen LogP contribution in [0.3, 0.4) is 0 Å². The summed E-state index contributed by atoms with van der Waals surface area (Å²) in [6.45, 7) is 1.56. The molecule has 14 heavy (non-hydrogen) atoms. The molecule has 1 aliphatic rings. The van der Waals surface area contributed by atoms with E-state index in [9.17, 15) is 4.79 Å². The van der Waals surface area contributed by atoms with Crippen LogP contribution in [0.15, 0.2) is 18.5 Å². The fourth-order valence-electron chi connectivity index (χ4n) is 2.02. The number of amides is 1. The van der Waals surface area contributed by atoms with Gasteiger partial charge in [0.2, 0.25) is 5.91 Å². The molecule has 1 heterocycles. The summed E-state index contributed by atoms with van der Waals surface area (Å²) in [6.07, 6.45) is 6.96. The van der Waals surface area contributed by atoms with Crippen molar-refractivity contribution in [2.24, 2.45) is 0 Å². The van der Waals surface area contributed by atoms with Crippen molar-refractivity contribution >= 4 is 5.91 Å². The van der Waals surface area contributed by atoms with E-state index in [-0.39, 0.29) is 11.9 Å². The second-order valence-corrected chi connectivity index (χ2v) is 3.72. The molecule has 2 rings (SSSR count). The Morgan fingerprint density at radius 1 is 1.64 bits per heavy atom. The first-order valence-corrected chi connectivity index (χ1v) is 4.97. The third kappa shape index (κ3) is 1.76. The van der Waals surface area contributed by atoms with Crippen molar-refractivity contribution in [2.45, 2.75) is 32.2 Å². The second-order valence-electron chi connectivity index (χ2n) is 3.72. The van der Waals surface area contributed by atoms with Gasteiger partial charge in [0.15, 0.2) is 0 Å². The van der Waals surface area contributed by atoms with Gasteiger partial charge in [-0.05, 0) is 36.5 Å². The van der Waals surface area contributed by atoms with Crippen molar-refractivity contribution < 1.29 is 4.79 Å². The third-order valence-electron chi connectivity index (χ3n) is 2.64. The van der Waals surface area contributed by atoms with Crippen molar-refractivity contribution in [3.05, 3.63) is 29.6 Å². The average Bonchev–Trinajstić information content (AvgIpc) is 2.18. The molecule has 0 saturated heterocycles. The number of carbonyl (C=O) groups is 1. The predicted molar refractivity (Wildman–Crippen MR) is 53.7 cm³/mol. The maximum absolute atomic E-state index is 11.0. The van der Waals surface area contributed by atoms with Gasteiger partial charge in [-0.15, -0.1) is 0 Å². The highest BCUT2D eigenvalue weighted by atomic mass is 16.1. The molecule has 1 aliphatic carbocycles. The van der Waals surface area contributed by atoms with Gasteiger partial charge in [-0.25, -0.2) is 0 Å². The Balaban J connectivity index is 2.26. The fourth-order valence-corrected chi connectivity index (χ4v) is 2.02. The minimum atomic E-state index is 0.0340. The van der Waals surface area contributed by atoms with Crippen molar-refractivity contribution in [3.8, 4) is 0 Å². The van der Waals surface area contributed by atoms with E-state index < -0.39 is 0 Å². The van der Waals surface area contributed by atoms with Gasteiger partial charge in [0.1, 0.15) is 0 Å². The molecule has 0 saturated carbocycles. The Hall–Kier alpha value is -1.38. The van der Waals surface area contributed by atoms with Gasteiger partial charge < -0.3 is 5.32 Å². The maximum Gasteiger partial charge on any atom is 0.217 e. The molecule has 1 aromatic rings. The van der Waals surface area contributed by atoms with Gasteiger partial charge in [-0.3, -0.25) is 9.78 Å². The molecule has 1 aromatic heterocycles. The lowest BCUT2D eigenvalue weighted by Gasteiger charge is -2.25. The minimum Gasteiger partial charge on any atom is -0.349 e. The monoisotopic (exact) mass is 190 g/mol. The summed E-state index contributed by atoms with van der Waals surface area (Å²) < 4.78 is 0. The van der Waals surface area contributed by atoms with Crippen LogP contribution in [0.1, 0.15) is 36.9 Å². The van der Waals surface area contributed by atoms with Gasteiger partial charge in [0, 0.05) is 19.3 Å². The summed E-state index contributed by atoms with van der Waals surface area (Å²) in [4.78, 5) is 15.1. The van der Waals surface area contributed by atoms with Crippen LogP contribution in [0.4, 0.5) is 0 Å². The molecule has 0 aliphatic heterocycles. The van der Waals surface area contributed by atoms with E-state index >= 15 is 0 Å². The van der Waals surface area contributed by atoms with Crippen LogP contribution >= 0.6 is 0 Å². The molecule has 1 unspecified atom stereocenters. The van der Waals surface area contributed by atoms with Crippen LogP contribution in [-0.2, 0) is 11.2 Å². The van der Waals surface area contributed by atoms with Crippen LogP contribution in [-0.4, -0.2) is 10.9 Å². The molecule has 1 amide bonds. The van der Waals surface area contributed by atoms with E-state index in [0.717, 1.165) is 19.3 Å². The molecule has 0 bridgehead atoms. The molecule has 1 N–H and O–H groups in total. The van der Waals surface area contributed by atoms with Crippen molar-refractivity contribution in [1.82, 2.24) is 10.3 Å². The number of nitrogens with zero attached hydrogens (tertiary/aromatic N) is 1. The molecule has 0 aromatic carbocycles. The Labute approximate surface area is 83.5 Å². The molecule has 0 fully saturated rings. The van der Waals surface area contributed by atoms with E-state index in [0.29, 0.717) is 0 Å². The van der Waals surface area contributed by atoms with Gasteiger partial charge in [-0.1, -0.05) is 0 Å². The van der Waals surface area contributed by atoms with Crippen LogP contribution in [0.2, 0.25) is 0 Å².